The number of aromatic nitrogens is 2. The van der Waals surface area contributed by atoms with Crippen LogP contribution in [-0.2, 0) is 16.6 Å². The van der Waals surface area contributed by atoms with Crippen LogP contribution in [0.4, 0.5) is 0 Å². The van der Waals surface area contributed by atoms with Gasteiger partial charge in [-0.2, -0.15) is 4.98 Å². The third kappa shape index (κ3) is 3.76. The number of hydrogen-bond donors (Lipinski definition) is 2. The summed E-state index contributed by atoms with van der Waals surface area (Å²) in [5.74, 6) is 0.593. The number of thiocarbonyl (C=S) groups is 1. The molecule has 0 atom stereocenters. The zero-order valence-electron chi connectivity index (χ0n) is 10.8. The molecule has 2 aromatic rings. The van der Waals surface area contributed by atoms with Gasteiger partial charge < -0.3 is 10.3 Å². The van der Waals surface area contributed by atoms with E-state index in [0.717, 1.165) is 0 Å². The Bertz CT molecular complexity index is 789. The van der Waals surface area contributed by atoms with Crippen LogP contribution in [0.2, 0.25) is 5.02 Å². The maximum absolute atomic E-state index is 12.1. The first-order chi connectivity index (χ1) is 9.79. The second-order valence-electron chi connectivity index (χ2n) is 4.06. The molecule has 0 saturated carbocycles. The monoisotopic (exact) mass is 346 g/mol. The predicted molar refractivity (Wildman–Crippen MR) is 80.4 cm³/mol. The largest absolute Gasteiger partial charge is 0.389 e. The standard InChI is InChI=1S/C11H11ClN4O3S2/c1-6-15-10(16-19-6)5-14-21(17,18)7-2-3-8(11(13)20)9(12)4-7/h2-4,14H,5H2,1H3,(H2,13,20). The molecule has 0 saturated heterocycles. The van der Waals surface area contributed by atoms with Crippen molar-refractivity contribution < 1.29 is 12.9 Å². The van der Waals surface area contributed by atoms with Crippen LogP contribution >= 0.6 is 23.8 Å². The number of nitrogens with two attached hydrogens (primary N) is 1. The van der Waals surface area contributed by atoms with Gasteiger partial charge in [-0.1, -0.05) is 29.0 Å². The van der Waals surface area contributed by atoms with Gasteiger partial charge in [0.25, 0.3) is 0 Å². The van der Waals surface area contributed by atoms with Crippen LogP contribution in [0.25, 0.3) is 0 Å². The second kappa shape index (κ2) is 6.06. The summed E-state index contributed by atoms with van der Waals surface area (Å²) in [6.45, 7) is 1.52. The Morgan fingerprint density at radius 2 is 2.24 bits per heavy atom. The van der Waals surface area contributed by atoms with E-state index in [2.05, 4.69) is 14.9 Å². The molecule has 3 N–H and O–H groups in total. The second-order valence-corrected chi connectivity index (χ2v) is 6.67. The maximum atomic E-state index is 12.1. The summed E-state index contributed by atoms with van der Waals surface area (Å²) in [5, 5.41) is 3.76. The smallest absolute Gasteiger partial charge is 0.241 e. The van der Waals surface area contributed by atoms with Crippen molar-refractivity contribution in [3.8, 4) is 0 Å². The number of nitrogens with one attached hydrogen (secondary N) is 1. The van der Waals surface area contributed by atoms with Crippen LogP contribution in [0.1, 0.15) is 17.3 Å². The Morgan fingerprint density at radius 3 is 2.76 bits per heavy atom. The van der Waals surface area contributed by atoms with Gasteiger partial charge in [0.05, 0.1) is 16.5 Å². The van der Waals surface area contributed by atoms with E-state index in [9.17, 15) is 8.42 Å². The van der Waals surface area contributed by atoms with Gasteiger partial charge in [-0.3, -0.25) is 0 Å². The van der Waals surface area contributed by atoms with E-state index in [1.807, 2.05) is 0 Å². The number of halogens is 1. The van der Waals surface area contributed by atoms with Crippen LogP contribution in [-0.4, -0.2) is 23.5 Å². The van der Waals surface area contributed by atoms with Crippen LogP contribution < -0.4 is 10.5 Å². The molecule has 1 aromatic carbocycles. The summed E-state index contributed by atoms with van der Waals surface area (Å²) >= 11 is 10.8. The molecule has 7 nitrogen and oxygen atoms in total. The minimum absolute atomic E-state index is 0.00674. The molecular weight excluding hydrogens is 336 g/mol. The number of hydrogen-bond acceptors (Lipinski definition) is 6. The molecule has 0 unspecified atom stereocenters. The molecule has 10 heteroatoms. The summed E-state index contributed by atoms with van der Waals surface area (Å²) in [6.07, 6.45) is 0. The molecule has 112 valence electrons. The molecule has 0 aliphatic carbocycles. The minimum Gasteiger partial charge on any atom is -0.389 e. The highest BCUT2D eigenvalue weighted by atomic mass is 35.5. The maximum Gasteiger partial charge on any atom is 0.241 e. The summed E-state index contributed by atoms with van der Waals surface area (Å²) in [5.41, 5.74) is 5.88. The van der Waals surface area contributed by atoms with Crippen molar-refractivity contribution in [1.82, 2.24) is 14.9 Å². The lowest BCUT2D eigenvalue weighted by atomic mass is 10.2. The van der Waals surface area contributed by atoms with Crippen molar-refractivity contribution in [2.45, 2.75) is 18.4 Å². The fraction of sp³-hybridized carbons (Fsp3) is 0.182. The number of nitrogens with zero attached hydrogens (tertiary/aromatic N) is 2. The van der Waals surface area contributed by atoms with E-state index in [4.69, 9.17) is 34.1 Å². The van der Waals surface area contributed by atoms with Crippen molar-refractivity contribution >= 4 is 38.8 Å². The number of benzene rings is 1. The highest BCUT2D eigenvalue weighted by Crippen LogP contribution is 2.20. The van der Waals surface area contributed by atoms with Crippen LogP contribution in [0.5, 0.6) is 0 Å². The van der Waals surface area contributed by atoms with E-state index in [0.29, 0.717) is 11.5 Å². The lowest BCUT2D eigenvalue weighted by molar-refractivity contribution is 0.387. The molecule has 21 heavy (non-hydrogen) atoms. The Labute approximate surface area is 131 Å². The molecule has 0 aliphatic heterocycles. The van der Waals surface area contributed by atoms with Gasteiger partial charge in [0.2, 0.25) is 15.9 Å². The highest BCUT2D eigenvalue weighted by Gasteiger charge is 2.17. The third-order valence-corrected chi connectivity index (χ3v) is 4.44. The highest BCUT2D eigenvalue weighted by molar-refractivity contribution is 7.89. The van der Waals surface area contributed by atoms with Gasteiger partial charge in [0.1, 0.15) is 4.99 Å². The molecule has 0 radical (unpaired) electrons. The fourth-order valence-electron chi connectivity index (χ4n) is 1.52. The Balaban J connectivity index is 2.19. The van der Waals surface area contributed by atoms with Crippen molar-refractivity contribution in [1.29, 1.82) is 0 Å². The topological polar surface area (TPSA) is 111 Å². The normalized spacial score (nSPS) is 11.5. The third-order valence-electron chi connectivity index (χ3n) is 2.51. The summed E-state index contributed by atoms with van der Waals surface area (Å²) < 4.78 is 31.3. The Morgan fingerprint density at radius 1 is 1.52 bits per heavy atom. The van der Waals surface area contributed by atoms with Crippen molar-refractivity contribution in [2.24, 2.45) is 5.73 Å². The van der Waals surface area contributed by atoms with Gasteiger partial charge in [0, 0.05) is 12.5 Å². The van der Waals surface area contributed by atoms with Gasteiger partial charge in [-0.15, -0.1) is 0 Å². The summed E-state index contributed by atoms with van der Waals surface area (Å²) in [6, 6.07) is 4.10. The van der Waals surface area contributed by atoms with E-state index >= 15 is 0 Å². The van der Waals surface area contributed by atoms with Crippen LogP contribution in [0, 0.1) is 6.92 Å². The van der Waals surface area contributed by atoms with Gasteiger partial charge in [-0.25, -0.2) is 13.1 Å². The fourth-order valence-corrected chi connectivity index (χ4v) is 3.11. The predicted octanol–water partition coefficient (Wildman–Crippen LogP) is 1.14. The molecule has 1 heterocycles. The zero-order valence-corrected chi connectivity index (χ0v) is 13.2. The van der Waals surface area contributed by atoms with E-state index in [1.165, 1.54) is 18.2 Å². The van der Waals surface area contributed by atoms with Crippen LogP contribution in [0.3, 0.4) is 0 Å². The molecule has 0 bridgehead atoms. The Kier molecular flexibility index (Phi) is 4.57. The molecule has 0 spiro atoms. The summed E-state index contributed by atoms with van der Waals surface area (Å²) in [7, 11) is -3.75. The number of aryl methyl sites for hydroxylation is 1. The molecule has 2 rings (SSSR count). The van der Waals surface area contributed by atoms with Crippen LogP contribution in [0.15, 0.2) is 27.6 Å². The number of sulfonamides is 1. The SMILES string of the molecule is Cc1nc(CNS(=O)(=O)c2ccc(C(N)=S)c(Cl)c2)no1. The van der Waals surface area contributed by atoms with Gasteiger partial charge in [-0.05, 0) is 18.2 Å². The average Bonchev–Trinajstić information content (AvgIpc) is 2.82. The first-order valence-electron chi connectivity index (χ1n) is 5.68. The first kappa shape index (κ1) is 15.8. The minimum atomic E-state index is -3.75. The lowest BCUT2D eigenvalue weighted by Crippen LogP contribution is -2.24. The van der Waals surface area contributed by atoms with E-state index < -0.39 is 10.0 Å². The van der Waals surface area contributed by atoms with E-state index in [1.54, 1.807) is 6.92 Å². The zero-order chi connectivity index (χ0) is 15.6. The average molecular weight is 347 g/mol. The number of rotatable bonds is 5. The molecule has 1 aromatic heterocycles. The molecule has 0 aliphatic rings. The molecular formula is C11H11ClN4O3S2. The quantitative estimate of drug-likeness (QED) is 0.781. The van der Waals surface area contributed by atoms with E-state index in [-0.39, 0.29) is 27.3 Å². The first-order valence-corrected chi connectivity index (χ1v) is 7.95. The van der Waals surface area contributed by atoms with Crippen molar-refractivity contribution in [3.63, 3.8) is 0 Å². The van der Waals surface area contributed by atoms with Gasteiger partial charge >= 0.3 is 0 Å². The summed E-state index contributed by atoms with van der Waals surface area (Å²) in [4.78, 5) is 3.99. The molecule has 0 fully saturated rings. The molecule has 0 amide bonds. The van der Waals surface area contributed by atoms with Crippen molar-refractivity contribution in [3.05, 3.63) is 40.5 Å². The lowest BCUT2D eigenvalue weighted by Gasteiger charge is -2.07. The Hall–Kier alpha value is -1.55. The van der Waals surface area contributed by atoms with Crippen molar-refractivity contribution in [2.75, 3.05) is 0 Å². The van der Waals surface area contributed by atoms with Gasteiger partial charge in [0.15, 0.2) is 5.82 Å².